The number of benzene rings is 2. The summed E-state index contributed by atoms with van der Waals surface area (Å²) in [6, 6.07) is 12.1. The number of aromatic nitrogens is 4. The molecule has 10 nitrogen and oxygen atoms in total. The molecule has 0 fully saturated rings. The molecule has 4 rings (SSSR count). The smallest absolute Gasteiger partial charge is 0.350 e. The number of nitrogens with one attached hydrogen (secondary N) is 2. The van der Waals surface area contributed by atoms with Crippen LogP contribution in [0.2, 0.25) is 0 Å². The molecule has 0 atom stereocenters. The summed E-state index contributed by atoms with van der Waals surface area (Å²) >= 11 is 0. The van der Waals surface area contributed by atoms with Crippen molar-refractivity contribution in [2.45, 2.75) is 66.6 Å². The van der Waals surface area contributed by atoms with E-state index in [1.165, 1.54) is 15.0 Å². The lowest BCUT2D eigenvalue weighted by Crippen LogP contribution is -2.31. The maximum Gasteiger partial charge on any atom is 0.352 e. The van der Waals surface area contributed by atoms with Crippen molar-refractivity contribution in [1.29, 1.82) is 0 Å². The van der Waals surface area contributed by atoms with Gasteiger partial charge in [-0.3, -0.25) is 19.0 Å². The van der Waals surface area contributed by atoms with E-state index in [1.807, 2.05) is 58.9 Å². The molecule has 4 aromatic rings. The first-order valence-electron chi connectivity index (χ1n) is 12.9. The van der Waals surface area contributed by atoms with Crippen LogP contribution >= 0.6 is 0 Å². The second kappa shape index (κ2) is 11.0. The van der Waals surface area contributed by atoms with Crippen LogP contribution in [0.25, 0.3) is 16.7 Å². The number of hydrogen-bond donors (Lipinski definition) is 2. The van der Waals surface area contributed by atoms with Crippen molar-refractivity contribution in [3.63, 3.8) is 0 Å². The molecule has 0 saturated carbocycles. The number of fused-ring (bicyclic) bond motifs is 3. The van der Waals surface area contributed by atoms with Crippen LogP contribution in [-0.2, 0) is 24.3 Å². The van der Waals surface area contributed by atoms with Gasteiger partial charge in [0.15, 0.2) is 0 Å². The molecule has 0 radical (unpaired) electrons. The zero-order valence-corrected chi connectivity index (χ0v) is 22.4. The van der Waals surface area contributed by atoms with Gasteiger partial charge < -0.3 is 10.6 Å². The van der Waals surface area contributed by atoms with Crippen LogP contribution in [-0.4, -0.2) is 36.6 Å². The number of aryl methyl sites for hydroxylation is 2. The van der Waals surface area contributed by atoms with E-state index in [0.717, 1.165) is 16.7 Å². The third kappa shape index (κ3) is 5.53. The molecular weight excluding hydrogens is 484 g/mol. The lowest BCUT2D eigenvalue weighted by atomic mass is 10.1. The summed E-state index contributed by atoms with van der Waals surface area (Å²) in [6.45, 7) is 9.87. The maximum absolute atomic E-state index is 13.5. The van der Waals surface area contributed by atoms with Crippen molar-refractivity contribution in [1.82, 2.24) is 24.1 Å². The topological polar surface area (TPSA) is 120 Å². The van der Waals surface area contributed by atoms with Crippen LogP contribution in [0.1, 0.15) is 57.0 Å². The molecule has 200 valence electrons. The van der Waals surface area contributed by atoms with Crippen LogP contribution < -0.4 is 21.9 Å². The Morgan fingerprint density at radius 2 is 1.71 bits per heavy atom. The van der Waals surface area contributed by atoms with Gasteiger partial charge in [-0.15, -0.1) is 5.10 Å². The zero-order valence-electron chi connectivity index (χ0n) is 22.4. The summed E-state index contributed by atoms with van der Waals surface area (Å²) < 4.78 is 3.83. The van der Waals surface area contributed by atoms with E-state index >= 15 is 0 Å². The molecule has 0 spiro atoms. The quantitative estimate of drug-likeness (QED) is 0.353. The zero-order chi connectivity index (χ0) is 27.6. The summed E-state index contributed by atoms with van der Waals surface area (Å²) in [4.78, 5) is 52.5. The van der Waals surface area contributed by atoms with Crippen molar-refractivity contribution < 1.29 is 9.59 Å². The van der Waals surface area contributed by atoms with Crippen LogP contribution in [0.5, 0.6) is 0 Å². The number of hydrogen-bond acceptors (Lipinski definition) is 5. The molecule has 38 heavy (non-hydrogen) atoms. The van der Waals surface area contributed by atoms with Crippen LogP contribution in [0.3, 0.4) is 0 Å². The SMILES string of the molecule is CCc1ccc(NC(=O)Cn2nc3n(CCC(C)C)c(=O)c4ccc(C(=O)NC(C)C)cc4n3c2=O)cc1. The van der Waals surface area contributed by atoms with E-state index in [-0.39, 0.29) is 35.3 Å². The van der Waals surface area contributed by atoms with Gasteiger partial charge >= 0.3 is 5.69 Å². The number of carbonyl (C=O) groups is 2. The Kier molecular flexibility index (Phi) is 7.80. The molecule has 0 aliphatic rings. The highest BCUT2D eigenvalue weighted by Gasteiger charge is 2.20. The molecule has 0 aliphatic heterocycles. The number of amides is 2. The third-order valence-corrected chi connectivity index (χ3v) is 6.33. The summed E-state index contributed by atoms with van der Waals surface area (Å²) in [5, 5.41) is 10.3. The van der Waals surface area contributed by atoms with E-state index in [4.69, 9.17) is 0 Å². The molecule has 0 aliphatic carbocycles. The van der Waals surface area contributed by atoms with Crippen LogP contribution in [0.4, 0.5) is 5.69 Å². The average Bonchev–Trinajstić information content (AvgIpc) is 3.18. The Morgan fingerprint density at radius 1 is 1.00 bits per heavy atom. The predicted octanol–water partition coefficient (Wildman–Crippen LogP) is 3.20. The molecular formula is C28H34N6O4. The van der Waals surface area contributed by atoms with Gasteiger partial charge in [0.05, 0.1) is 10.9 Å². The fourth-order valence-electron chi connectivity index (χ4n) is 4.25. The third-order valence-electron chi connectivity index (χ3n) is 6.33. The Hall–Kier alpha value is -4.21. The minimum Gasteiger partial charge on any atom is -0.350 e. The van der Waals surface area contributed by atoms with Crippen molar-refractivity contribution in [3.8, 4) is 0 Å². The fourth-order valence-corrected chi connectivity index (χ4v) is 4.25. The molecule has 10 heteroatoms. The summed E-state index contributed by atoms with van der Waals surface area (Å²) in [5.74, 6) is -0.279. The van der Waals surface area contributed by atoms with E-state index in [1.54, 1.807) is 12.1 Å². The number of anilines is 1. The Morgan fingerprint density at radius 3 is 2.34 bits per heavy atom. The standard InChI is InChI=1S/C28H34N6O4/c1-6-19-7-10-21(11-8-19)30-24(35)16-33-28(38)34-23-15-20(25(36)29-18(4)5)9-12-22(23)26(37)32(27(34)31-33)14-13-17(2)3/h7-12,15,17-18H,6,13-14,16H2,1-5H3,(H,29,36)(H,30,35). The first-order valence-corrected chi connectivity index (χ1v) is 12.9. The molecule has 0 bridgehead atoms. The Labute approximate surface area is 220 Å². The highest BCUT2D eigenvalue weighted by molar-refractivity contribution is 5.98. The minimum atomic E-state index is -0.568. The van der Waals surface area contributed by atoms with Crippen molar-refractivity contribution in [2.75, 3.05) is 5.32 Å². The summed E-state index contributed by atoms with van der Waals surface area (Å²) in [7, 11) is 0. The summed E-state index contributed by atoms with van der Waals surface area (Å²) in [5.41, 5.74) is 1.48. The van der Waals surface area contributed by atoms with Crippen molar-refractivity contribution >= 4 is 34.2 Å². The molecule has 2 N–H and O–H groups in total. The first kappa shape index (κ1) is 26.8. The molecule has 2 aromatic carbocycles. The summed E-state index contributed by atoms with van der Waals surface area (Å²) in [6.07, 6.45) is 1.59. The highest BCUT2D eigenvalue weighted by Crippen LogP contribution is 2.16. The normalized spacial score (nSPS) is 11.6. The van der Waals surface area contributed by atoms with Gasteiger partial charge in [-0.1, -0.05) is 32.9 Å². The van der Waals surface area contributed by atoms with Crippen LogP contribution in [0, 0.1) is 5.92 Å². The number of carbonyl (C=O) groups excluding carboxylic acids is 2. The lowest BCUT2D eigenvalue weighted by Gasteiger charge is -2.12. The predicted molar refractivity (Wildman–Crippen MR) is 148 cm³/mol. The minimum absolute atomic E-state index is 0.0792. The van der Waals surface area contributed by atoms with Gasteiger partial charge in [0.1, 0.15) is 6.54 Å². The van der Waals surface area contributed by atoms with Crippen molar-refractivity contribution in [2.24, 2.45) is 5.92 Å². The van der Waals surface area contributed by atoms with E-state index in [9.17, 15) is 19.2 Å². The first-order chi connectivity index (χ1) is 18.1. The fraction of sp³-hybridized carbons (Fsp3) is 0.393. The molecule has 2 heterocycles. The van der Waals surface area contributed by atoms with Gasteiger partial charge in [0.2, 0.25) is 11.7 Å². The molecule has 2 aromatic heterocycles. The average molecular weight is 519 g/mol. The van der Waals surface area contributed by atoms with Gasteiger partial charge in [-0.05, 0) is 68.5 Å². The number of nitrogens with zero attached hydrogens (tertiary/aromatic N) is 4. The molecule has 0 saturated heterocycles. The molecule has 2 amide bonds. The second-order valence-corrected chi connectivity index (χ2v) is 10.2. The van der Waals surface area contributed by atoms with Gasteiger partial charge in [0.25, 0.3) is 11.5 Å². The maximum atomic E-state index is 13.5. The molecule has 0 unspecified atom stereocenters. The van der Waals surface area contributed by atoms with Gasteiger partial charge in [0, 0.05) is 23.8 Å². The highest BCUT2D eigenvalue weighted by atomic mass is 16.2. The monoisotopic (exact) mass is 518 g/mol. The number of rotatable bonds is 9. The van der Waals surface area contributed by atoms with E-state index in [0.29, 0.717) is 35.5 Å². The van der Waals surface area contributed by atoms with E-state index in [2.05, 4.69) is 15.7 Å². The lowest BCUT2D eigenvalue weighted by molar-refractivity contribution is -0.117. The second-order valence-electron chi connectivity index (χ2n) is 10.2. The largest absolute Gasteiger partial charge is 0.352 e. The van der Waals surface area contributed by atoms with Crippen LogP contribution in [0.15, 0.2) is 52.1 Å². The Bertz CT molecular complexity index is 1610. The van der Waals surface area contributed by atoms with E-state index < -0.39 is 11.6 Å². The van der Waals surface area contributed by atoms with Gasteiger partial charge in [-0.2, -0.15) is 0 Å². The van der Waals surface area contributed by atoms with Crippen molar-refractivity contribution in [3.05, 3.63) is 74.4 Å². The van der Waals surface area contributed by atoms with Gasteiger partial charge in [-0.25, -0.2) is 13.9 Å². The Balaban J connectivity index is 1.80.